The highest BCUT2D eigenvalue weighted by atomic mass is 79.9. The van der Waals surface area contributed by atoms with Crippen LogP contribution in [0, 0.1) is 0 Å². The van der Waals surface area contributed by atoms with Gasteiger partial charge in [-0.3, -0.25) is 0 Å². The standard InChI is InChI=1S/C14H20BrN/c1-10(6-7-16)12-8-11-4-2-3-5-13(11)14(15)9-12/h8-10H,2-7,16H2,1H3. The van der Waals surface area contributed by atoms with Crippen LogP contribution in [0.2, 0.25) is 0 Å². The molecule has 1 nitrogen and oxygen atoms in total. The Kier molecular flexibility index (Phi) is 4.04. The van der Waals surface area contributed by atoms with E-state index in [2.05, 4.69) is 35.0 Å². The number of benzene rings is 1. The van der Waals surface area contributed by atoms with Gasteiger partial charge < -0.3 is 5.73 Å². The summed E-state index contributed by atoms with van der Waals surface area (Å²) in [6, 6.07) is 4.70. The van der Waals surface area contributed by atoms with Crippen LogP contribution in [0.15, 0.2) is 16.6 Å². The first-order valence-corrected chi connectivity index (χ1v) is 7.03. The molecule has 1 unspecified atom stereocenters. The zero-order valence-electron chi connectivity index (χ0n) is 9.93. The number of hydrogen-bond donors (Lipinski definition) is 1. The van der Waals surface area contributed by atoms with Crippen molar-refractivity contribution >= 4 is 15.9 Å². The van der Waals surface area contributed by atoms with Gasteiger partial charge in [0.15, 0.2) is 0 Å². The lowest BCUT2D eigenvalue weighted by atomic mass is 9.87. The largest absolute Gasteiger partial charge is 0.330 e. The molecule has 0 amide bonds. The van der Waals surface area contributed by atoms with Crippen LogP contribution >= 0.6 is 15.9 Å². The molecule has 1 aromatic carbocycles. The van der Waals surface area contributed by atoms with Crippen molar-refractivity contribution in [2.75, 3.05) is 6.54 Å². The van der Waals surface area contributed by atoms with Crippen molar-refractivity contribution in [3.8, 4) is 0 Å². The van der Waals surface area contributed by atoms with Crippen LogP contribution in [-0.4, -0.2) is 6.54 Å². The van der Waals surface area contributed by atoms with Crippen LogP contribution in [0.3, 0.4) is 0 Å². The molecule has 0 radical (unpaired) electrons. The van der Waals surface area contributed by atoms with Crippen molar-refractivity contribution in [1.29, 1.82) is 0 Å². The topological polar surface area (TPSA) is 26.0 Å². The molecule has 0 aromatic heterocycles. The monoisotopic (exact) mass is 281 g/mol. The summed E-state index contributed by atoms with van der Waals surface area (Å²) in [5.74, 6) is 0.577. The Morgan fingerprint density at radius 3 is 2.81 bits per heavy atom. The molecule has 0 bridgehead atoms. The lowest BCUT2D eigenvalue weighted by Gasteiger charge is -2.20. The minimum atomic E-state index is 0.577. The Bertz CT molecular complexity index is 373. The van der Waals surface area contributed by atoms with E-state index in [1.54, 1.807) is 5.56 Å². The van der Waals surface area contributed by atoms with Gasteiger partial charge in [-0.1, -0.05) is 28.9 Å². The summed E-state index contributed by atoms with van der Waals surface area (Å²) in [5.41, 5.74) is 10.2. The molecule has 2 N–H and O–H groups in total. The summed E-state index contributed by atoms with van der Waals surface area (Å²) in [4.78, 5) is 0. The number of nitrogens with two attached hydrogens (primary N) is 1. The van der Waals surface area contributed by atoms with E-state index in [0.717, 1.165) is 13.0 Å². The number of aryl methyl sites for hydroxylation is 1. The summed E-state index contributed by atoms with van der Waals surface area (Å²) in [7, 11) is 0. The Labute approximate surface area is 107 Å². The maximum atomic E-state index is 5.63. The zero-order chi connectivity index (χ0) is 11.5. The molecule has 0 saturated carbocycles. The fourth-order valence-corrected chi connectivity index (χ4v) is 3.26. The molecule has 1 aliphatic rings. The van der Waals surface area contributed by atoms with Gasteiger partial charge in [-0.05, 0) is 67.3 Å². The first kappa shape index (κ1) is 12.1. The summed E-state index contributed by atoms with van der Waals surface area (Å²) in [6.45, 7) is 3.04. The summed E-state index contributed by atoms with van der Waals surface area (Å²) < 4.78 is 1.31. The fraction of sp³-hybridized carbons (Fsp3) is 0.571. The molecular weight excluding hydrogens is 262 g/mol. The Hall–Kier alpha value is -0.340. The van der Waals surface area contributed by atoms with Crippen molar-refractivity contribution in [3.63, 3.8) is 0 Å². The Morgan fingerprint density at radius 2 is 2.06 bits per heavy atom. The lowest BCUT2D eigenvalue weighted by molar-refractivity contribution is 0.665. The van der Waals surface area contributed by atoms with E-state index in [1.165, 1.54) is 41.3 Å². The maximum Gasteiger partial charge on any atom is 0.0212 e. The Balaban J connectivity index is 2.31. The second kappa shape index (κ2) is 5.33. The highest BCUT2D eigenvalue weighted by molar-refractivity contribution is 9.10. The van der Waals surface area contributed by atoms with Crippen LogP contribution in [0.4, 0.5) is 0 Å². The zero-order valence-corrected chi connectivity index (χ0v) is 11.5. The van der Waals surface area contributed by atoms with Crippen LogP contribution in [0.25, 0.3) is 0 Å². The minimum Gasteiger partial charge on any atom is -0.330 e. The normalized spacial score (nSPS) is 16.9. The molecule has 0 aliphatic heterocycles. The average Bonchev–Trinajstić information content (AvgIpc) is 2.29. The molecule has 0 saturated heterocycles. The first-order valence-electron chi connectivity index (χ1n) is 6.23. The number of halogens is 1. The van der Waals surface area contributed by atoms with Gasteiger partial charge in [-0.25, -0.2) is 0 Å². The van der Waals surface area contributed by atoms with E-state index in [9.17, 15) is 0 Å². The second-order valence-corrected chi connectivity index (χ2v) is 5.68. The lowest BCUT2D eigenvalue weighted by Crippen LogP contribution is -2.08. The predicted molar refractivity (Wildman–Crippen MR) is 72.9 cm³/mol. The summed E-state index contributed by atoms with van der Waals surface area (Å²) >= 11 is 3.72. The van der Waals surface area contributed by atoms with Crippen LogP contribution < -0.4 is 5.73 Å². The minimum absolute atomic E-state index is 0.577. The van der Waals surface area contributed by atoms with Crippen LogP contribution in [0.5, 0.6) is 0 Å². The molecule has 1 atom stereocenters. The quantitative estimate of drug-likeness (QED) is 0.897. The van der Waals surface area contributed by atoms with Gasteiger partial charge in [0.25, 0.3) is 0 Å². The SMILES string of the molecule is CC(CCN)c1cc(Br)c2c(c1)CCCC2. The van der Waals surface area contributed by atoms with Gasteiger partial charge >= 0.3 is 0 Å². The van der Waals surface area contributed by atoms with Crippen molar-refractivity contribution in [3.05, 3.63) is 33.3 Å². The highest BCUT2D eigenvalue weighted by Gasteiger charge is 2.15. The third-order valence-corrected chi connectivity index (χ3v) is 4.31. The van der Waals surface area contributed by atoms with Crippen molar-refractivity contribution in [2.24, 2.45) is 5.73 Å². The van der Waals surface area contributed by atoms with Gasteiger partial charge in [-0.15, -0.1) is 0 Å². The van der Waals surface area contributed by atoms with Crippen LogP contribution in [-0.2, 0) is 12.8 Å². The van der Waals surface area contributed by atoms with E-state index in [-0.39, 0.29) is 0 Å². The molecule has 2 heteroatoms. The molecule has 88 valence electrons. The van der Waals surface area contributed by atoms with Gasteiger partial charge in [-0.2, -0.15) is 0 Å². The number of hydrogen-bond acceptors (Lipinski definition) is 1. The molecule has 2 rings (SSSR count). The summed E-state index contributed by atoms with van der Waals surface area (Å²) in [5, 5.41) is 0. The third-order valence-electron chi connectivity index (χ3n) is 3.60. The highest BCUT2D eigenvalue weighted by Crippen LogP contribution is 2.32. The van der Waals surface area contributed by atoms with E-state index < -0.39 is 0 Å². The number of fused-ring (bicyclic) bond motifs is 1. The van der Waals surface area contributed by atoms with E-state index in [1.807, 2.05) is 0 Å². The molecule has 16 heavy (non-hydrogen) atoms. The van der Waals surface area contributed by atoms with Crippen molar-refractivity contribution < 1.29 is 0 Å². The first-order chi connectivity index (χ1) is 7.72. The van der Waals surface area contributed by atoms with Crippen molar-refractivity contribution in [1.82, 2.24) is 0 Å². The molecule has 0 heterocycles. The predicted octanol–water partition coefficient (Wildman–Crippen LogP) is 3.78. The maximum absolute atomic E-state index is 5.63. The van der Waals surface area contributed by atoms with Crippen LogP contribution in [0.1, 0.15) is 48.8 Å². The number of rotatable bonds is 3. The molecular formula is C14H20BrN. The van der Waals surface area contributed by atoms with E-state index in [4.69, 9.17) is 5.73 Å². The Morgan fingerprint density at radius 1 is 1.31 bits per heavy atom. The molecule has 0 fully saturated rings. The van der Waals surface area contributed by atoms with Crippen molar-refractivity contribution in [2.45, 2.75) is 44.9 Å². The van der Waals surface area contributed by atoms with Gasteiger partial charge in [0, 0.05) is 4.47 Å². The molecule has 1 aliphatic carbocycles. The van der Waals surface area contributed by atoms with E-state index >= 15 is 0 Å². The third kappa shape index (κ3) is 2.49. The molecule has 0 spiro atoms. The average molecular weight is 282 g/mol. The summed E-state index contributed by atoms with van der Waals surface area (Å²) in [6.07, 6.45) is 6.24. The van der Waals surface area contributed by atoms with Gasteiger partial charge in [0.05, 0.1) is 0 Å². The second-order valence-electron chi connectivity index (χ2n) is 4.83. The van der Waals surface area contributed by atoms with Gasteiger partial charge in [0.1, 0.15) is 0 Å². The van der Waals surface area contributed by atoms with E-state index in [0.29, 0.717) is 5.92 Å². The smallest absolute Gasteiger partial charge is 0.0212 e. The fourth-order valence-electron chi connectivity index (χ4n) is 2.54. The molecule has 1 aromatic rings. The van der Waals surface area contributed by atoms with Gasteiger partial charge in [0.2, 0.25) is 0 Å².